The van der Waals surface area contributed by atoms with Gasteiger partial charge in [0, 0.05) is 11.3 Å². The molecule has 8 heteroatoms. The number of methoxy groups -OCH3 is 1. The average Bonchev–Trinajstić information content (AvgIpc) is 2.85. The van der Waals surface area contributed by atoms with E-state index in [-0.39, 0.29) is 12.1 Å². The highest BCUT2D eigenvalue weighted by atomic mass is 19.4. The molecule has 0 aliphatic rings. The zero-order valence-electron chi connectivity index (χ0n) is 19.5. The fraction of sp³-hybridized carbons (Fsp3) is 0.259. The van der Waals surface area contributed by atoms with E-state index in [0.717, 1.165) is 48.5 Å². The molecule has 5 nitrogen and oxygen atoms in total. The number of nitrogens with zero attached hydrogens (tertiary/aromatic N) is 1. The number of hydrogen-bond acceptors (Lipinski definition) is 4. The lowest BCUT2D eigenvalue weighted by atomic mass is 10.0. The van der Waals surface area contributed by atoms with Crippen molar-refractivity contribution in [2.24, 2.45) is 0 Å². The van der Waals surface area contributed by atoms with E-state index in [1.807, 2.05) is 12.1 Å². The Bertz CT molecular complexity index is 1140. The lowest BCUT2D eigenvalue weighted by Gasteiger charge is -2.23. The minimum Gasteiger partial charge on any atom is -0.462 e. The molecule has 0 bridgehead atoms. The van der Waals surface area contributed by atoms with Crippen molar-refractivity contribution in [3.05, 3.63) is 83.9 Å². The van der Waals surface area contributed by atoms with Crippen molar-refractivity contribution in [3.63, 3.8) is 0 Å². The second-order valence-electron chi connectivity index (χ2n) is 7.89. The Balaban J connectivity index is 1.89. The van der Waals surface area contributed by atoms with Crippen LogP contribution < -0.4 is 9.64 Å². The molecule has 0 aliphatic carbocycles. The number of anilines is 1. The van der Waals surface area contributed by atoms with Crippen molar-refractivity contribution in [1.82, 2.24) is 0 Å². The van der Waals surface area contributed by atoms with Gasteiger partial charge >= 0.3 is 18.2 Å². The Labute approximate surface area is 202 Å². The molecule has 1 amide bonds. The van der Waals surface area contributed by atoms with Crippen LogP contribution in [0, 0.1) is 0 Å². The average molecular weight is 486 g/mol. The van der Waals surface area contributed by atoms with E-state index in [4.69, 9.17) is 0 Å². The molecule has 0 unspecified atom stereocenters. The third-order valence-electron chi connectivity index (χ3n) is 5.42. The Morgan fingerprint density at radius 3 is 2.06 bits per heavy atom. The Hall–Kier alpha value is -3.81. The smallest absolute Gasteiger partial charge is 0.462 e. The molecule has 184 valence electrons. The van der Waals surface area contributed by atoms with E-state index in [2.05, 4.69) is 28.5 Å². The highest BCUT2D eigenvalue weighted by Crippen LogP contribution is 2.30. The highest BCUT2D eigenvalue weighted by Gasteiger charge is 2.33. The summed E-state index contributed by atoms with van der Waals surface area (Å²) >= 11 is 0. The van der Waals surface area contributed by atoms with Crippen LogP contribution in [0.5, 0.6) is 5.75 Å². The van der Waals surface area contributed by atoms with Crippen LogP contribution in [0.3, 0.4) is 0 Å². The first-order chi connectivity index (χ1) is 16.7. The molecule has 3 aromatic rings. The summed E-state index contributed by atoms with van der Waals surface area (Å²) in [4.78, 5) is 25.8. The molecule has 0 atom stereocenters. The van der Waals surface area contributed by atoms with E-state index in [1.165, 1.54) is 23.8 Å². The van der Waals surface area contributed by atoms with Gasteiger partial charge in [0.1, 0.15) is 5.75 Å². The Morgan fingerprint density at radius 1 is 0.886 bits per heavy atom. The van der Waals surface area contributed by atoms with Crippen molar-refractivity contribution >= 4 is 17.6 Å². The van der Waals surface area contributed by atoms with Gasteiger partial charge in [-0.25, -0.2) is 4.79 Å². The predicted molar refractivity (Wildman–Crippen MR) is 127 cm³/mol. The zero-order chi connectivity index (χ0) is 25.4. The maximum atomic E-state index is 12.8. The molecule has 0 saturated heterocycles. The minimum absolute atomic E-state index is 0.0776. The van der Waals surface area contributed by atoms with E-state index in [0.29, 0.717) is 5.69 Å². The molecule has 0 N–H and O–H groups in total. The Kier molecular flexibility index (Phi) is 8.52. The van der Waals surface area contributed by atoms with Gasteiger partial charge in [-0.15, -0.1) is 13.2 Å². The molecular weight excluding hydrogens is 459 g/mol. The number of carbonyl (C=O) groups excluding carboxylic acids is 2. The van der Waals surface area contributed by atoms with Gasteiger partial charge in [0.15, 0.2) is 0 Å². The van der Waals surface area contributed by atoms with Crippen molar-refractivity contribution < 1.29 is 32.2 Å². The Morgan fingerprint density at radius 2 is 1.49 bits per heavy atom. The van der Waals surface area contributed by atoms with Gasteiger partial charge in [0.2, 0.25) is 0 Å². The first-order valence-corrected chi connectivity index (χ1v) is 11.1. The molecule has 0 aliphatic heterocycles. The fourth-order valence-electron chi connectivity index (χ4n) is 3.59. The van der Waals surface area contributed by atoms with Crippen molar-refractivity contribution in [2.75, 3.05) is 12.0 Å². The number of aryl methyl sites for hydroxylation is 1. The van der Waals surface area contributed by atoms with Crippen LogP contribution in [-0.4, -0.2) is 25.3 Å². The van der Waals surface area contributed by atoms with Crippen molar-refractivity contribution in [2.45, 2.75) is 39.1 Å². The molecule has 0 aromatic heterocycles. The number of alkyl halides is 3. The molecule has 3 aromatic carbocycles. The zero-order valence-corrected chi connectivity index (χ0v) is 19.5. The summed E-state index contributed by atoms with van der Waals surface area (Å²) < 4.78 is 47.2. The number of amides is 1. The summed E-state index contributed by atoms with van der Waals surface area (Å²) in [5.74, 6) is -2.60. The van der Waals surface area contributed by atoms with Crippen LogP contribution in [0.25, 0.3) is 11.1 Å². The summed E-state index contributed by atoms with van der Waals surface area (Å²) in [5, 5.41) is 0. The third-order valence-corrected chi connectivity index (χ3v) is 5.42. The number of rotatable bonds is 8. The fourth-order valence-corrected chi connectivity index (χ4v) is 3.59. The molecule has 0 fully saturated rings. The standard InChI is InChI=1S/C27H26F3NO4/c1-3-4-7-19-10-12-20(13-11-19)21-14-16-23(17-15-21)31(25(32)26(33)34-2)18-22-8-5-6-9-24(22)35-27(28,29)30/h5-6,8-17H,3-4,7,18H2,1-2H3. The van der Waals surface area contributed by atoms with E-state index in [1.54, 1.807) is 24.3 Å². The number of carbonyl (C=O) groups is 2. The monoisotopic (exact) mass is 485 g/mol. The number of hydrogen-bond donors (Lipinski definition) is 0. The lowest BCUT2D eigenvalue weighted by molar-refractivity contribution is -0.274. The van der Waals surface area contributed by atoms with E-state index < -0.39 is 24.0 Å². The van der Waals surface area contributed by atoms with Crippen LogP contribution in [-0.2, 0) is 27.3 Å². The number of halogens is 3. The summed E-state index contributed by atoms with van der Waals surface area (Å²) in [5.41, 5.74) is 3.52. The van der Waals surface area contributed by atoms with Crippen molar-refractivity contribution in [3.8, 4) is 16.9 Å². The molecule has 3 rings (SSSR count). The molecule has 0 radical (unpaired) electrons. The normalized spacial score (nSPS) is 11.1. The van der Waals surface area contributed by atoms with Crippen molar-refractivity contribution in [1.29, 1.82) is 0 Å². The molecule has 35 heavy (non-hydrogen) atoms. The predicted octanol–water partition coefficient (Wildman–Crippen LogP) is 6.30. The minimum atomic E-state index is -4.90. The summed E-state index contributed by atoms with van der Waals surface area (Å²) in [6, 6.07) is 20.5. The van der Waals surface area contributed by atoms with Gasteiger partial charge in [-0.3, -0.25) is 9.69 Å². The van der Waals surface area contributed by atoms with Gasteiger partial charge in [-0.1, -0.05) is 67.9 Å². The van der Waals surface area contributed by atoms with Crippen LogP contribution in [0.4, 0.5) is 18.9 Å². The van der Waals surface area contributed by atoms with E-state index >= 15 is 0 Å². The van der Waals surface area contributed by atoms with Gasteiger partial charge in [-0.2, -0.15) is 0 Å². The molecular formula is C27H26F3NO4. The van der Waals surface area contributed by atoms with Gasteiger partial charge < -0.3 is 9.47 Å². The molecule has 0 saturated carbocycles. The second kappa shape index (κ2) is 11.6. The van der Waals surface area contributed by atoms with E-state index in [9.17, 15) is 22.8 Å². The van der Waals surface area contributed by atoms with Crippen LogP contribution in [0.2, 0.25) is 0 Å². The second-order valence-corrected chi connectivity index (χ2v) is 7.89. The van der Waals surface area contributed by atoms with Crippen LogP contribution in [0.1, 0.15) is 30.9 Å². The van der Waals surface area contributed by atoms with Crippen LogP contribution >= 0.6 is 0 Å². The molecule has 0 spiro atoms. The number of benzene rings is 3. The summed E-state index contributed by atoms with van der Waals surface area (Å²) in [7, 11) is 1.06. The maximum absolute atomic E-state index is 12.8. The SMILES string of the molecule is CCCCc1ccc(-c2ccc(N(Cc3ccccc3OC(F)(F)F)C(=O)C(=O)OC)cc2)cc1. The largest absolute Gasteiger partial charge is 0.573 e. The number of para-hydroxylation sites is 1. The summed E-state index contributed by atoms with van der Waals surface area (Å²) in [6.45, 7) is 1.82. The summed E-state index contributed by atoms with van der Waals surface area (Å²) in [6.07, 6.45) is -1.65. The quantitative estimate of drug-likeness (QED) is 0.278. The lowest BCUT2D eigenvalue weighted by Crippen LogP contribution is -2.37. The maximum Gasteiger partial charge on any atom is 0.573 e. The number of esters is 1. The van der Waals surface area contributed by atoms with Gasteiger partial charge in [-0.05, 0) is 47.7 Å². The first kappa shape index (κ1) is 25.8. The first-order valence-electron chi connectivity index (χ1n) is 11.1. The van der Waals surface area contributed by atoms with Crippen LogP contribution in [0.15, 0.2) is 72.8 Å². The highest BCUT2D eigenvalue weighted by molar-refractivity contribution is 6.38. The van der Waals surface area contributed by atoms with Gasteiger partial charge in [0.25, 0.3) is 0 Å². The molecule has 0 heterocycles. The third kappa shape index (κ3) is 7.09. The van der Waals surface area contributed by atoms with Gasteiger partial charge in [0.05, 0.1) is 13.7 Å². The number of unbranched alkanes of at least 4 members (excludes halogenated alkanes) is 1. The number of ether oxygens (including phenoxy) is 2. The topological polar surface area (TPSA) is 55.8 Å².